The van der Waals surface area contributed by atoms with E-state index in [0.29, 0.717) is 44.4 Å². The van der Waals surface area contributed by atoms with Gasteiger partial charge in [0.2, 0.25) is 5.91 Å². The zero-order valence-corrected chi connectivity index (χ0v) is 24.0. The number of nitrogens with zero attached hydrogens (tertiary/aromatic N) is 3. The number of anilines is 1. The van der Waals surface area contributed by atoms with Crippen molar-refractivity contribution < 1.29 is 23.5 Å². The lowest BCUT2D eigenvalue weighted by Gasteiger charge is -2.17. The fourth-order valence-electron chi connectivity index (χ4n) is 3.88. The Kier molecular flexibility index (Phi) is 9.26. The number of benzene rings is 2. The summed E-state index contributed by atoms with van der Waals surface area (Å²) in [5, 5.41) is 14.7. The maximum absolute atomic E-state index is 13.4. The first-order valence-corrected chi connectivity index (χ1v) is 14.2. The van der Waals surface area contributed by atoms with Crippen LogP contribution in [0.15, 0.2) is 53.0 Å². The van der Waals surface area contributed by atoms with Crippen molar-refractivity contribution in [3.05, 3.63) is 75.6 Å². The topological polar surface area (TPSA) is 95.3 Å². The van der Waals surface area contributed by atoms with Crippen molar-refractivity contribution in [2.45, 2.75) is 38.6 Å². The van der Waals surface area contributed by atoms with Crippen LogP contribution in [0.5, 0.6) is 5.75 Å². The number of halogens is 2. The van der Waals surface area contributed by atoms with Gasteiger partial charge in [0.15, 0.2) is 17.1 Å². The van der Waals surface area contributed by atoms with Crippen molar-refractivity contribution in [3.63, 3.8) is 0 Å². The molecule has 0 radical (unpaired) electrons. The molecule has 204 valence electrons. The van der Waals surface area contributed by atoms with Gasteiger partial charge < -0.3 is 19.4 Å². The summed E-state index contributed by atoms with van der Waals surface area (Å²) >= 11 is 8.46. The summed E-state index contributed by atoms with van der Waals surface area (Å²) in [6.07, 6.45) is -0.390. The van der Waals surface area contributed by atoms with E-state index in [1.165, 1.54) is 42.3 Å². The van der Waals surface area contributed by atoms with Crippen LogP contribution in [0, 0.1) is 12.7 Å². The molecule has 0 aliphatic carbocycles. The molecule has 39 heavy (non-hydrogen) atoms. The first-order chi connectivity index (χ1) is 18.7. The predicted molar refractivity (Wildman–Crippen MR) is 151 cm³/mol. The number of aryl methyl sites for hydroxylation is 1. The molecule has 1 atom stereocenters. The number of rotatable bonds is 10. The number of thiophene rings is 1. The van der Waals surface area contributed by atoms with Crippen molar-refractivity contribution in [2.75, 3.05) is 18.2 Å². The van der Waals surface area contributed by atoms with Gasteiger partial charge in [0.1, 0.15) is 22.1 Å². The lowest BCUT2D eigenvalue weighted by molar-refractivity contribution is -0.113. The number of aromatic nitrogens is 3. The summed E-state index contributed by atoms with van der Waals surface area (Å²) in [7, 11) is 1.27. The van der Waals surface area contributed by atoms with Crippen molar-refractivity contribution in [3.8, 4) is 16.9 Å². The largest absolute Gasteiger partial charge is 0.482 e. The molecule has 2 heterocycles. The van der Waals surface area contributed by atoms with Gasteiger partial charge in [-0.1, -0.05) is 35.5 Å². The average Bonchev–Trinajstić information content (AvgIpc) is 3.53. The third-order valence-corrected chi connectivity index (χ3v) is 7.88. The lowest BCUT2D eigenvalue weighted by atomic mass is 10.0. The smallest absolute Gasteiger partial charge is 0.341 e. The number of methoxy groups -OCH3 is 1. The van der Waals surface area contributed by atoms with Crippen molar-refractivity contribution in [1.29, 1.82) is 0 Å². The van der Waals surface area contributed by atoms with E-state index >= 15 is 0 Å². The van der Waals surface area contributed by atoms with Crippen molar-refractivity contribution >= 4 is 51.6 Å². The summed E-state index contributed by atoms with van der Waals surface area (Å²) in [6.45, 7) is 6.34. The molecule has 0 aliphatic rings. The number of thioether (sulfide) groups is 1. The monoisotopic (exact) mass is 588 g/mol. The van der Waals surface area contributed by atoms with Crippen LogP contribution in [0.25, 0.3) is 11.1 Å². The number of amides is 1. The molecule has 0 fully saturated rings. The van der Waals surface area contributed by atoms with Gasteiger partial charge in [-0.05, 0) is 62.2 Å². The second kappa shape index (κ2) is 12.6. The first-order valence-electron chi connectivity index (χ1n) is 12.0. The minimum atomic E-state index is -0.598. The highest BCUT2D eigenvalue weighted by Gasteiger charge is 2.24. The van der Waals surface area contributed by atoms with Crippen molar-refractivity contribution in [1.82, 2.24) is 14.8 Å². The predicted octanol–water partition coefficient (Wildman–Crippen LogP) is 6.78. The van der Waals surface area contributed by atoms with Crippen LogP contribution < -0.4 is 10.1 Å². The Labute approximate surface area is 238 Å². The Morgan fingerprint density at radius 2 is 1.95 bits per heavy atom. The van der Waals surface area contributed by atoms with E-state index in [0.717, 1.165) is 5.56 Å². The maximum Gasteiger partial charge on any atom is 0.341 e. The van der Waals surface area contributed by atoms with Gasteiger partial charge in [-0.2, -0.15) is 0 Å². The molecule has 12 heteroatoms. The zero-order valence-electron chi connectivity index (χ0n) is 21.7. The molecule has 1 unspecified atom stereocenters. The summed E-state index contributed by atoms with van der Waals surface area (Å²) in [6, 6.07) is 11.2. The minimum Gasteiger partial charge on any atom is -0.482 e. The molecular formula is C27H26ClFN4O4S2. The lowest BCUT2D eigenvalue weighted by Crippen LogP contribution is -2.17. The summed E-state index contributed by atoms with van der Waals surface area (Å²) in [5.41, 5.74) is 2.31. The van der Waals surface area contributed by atoms with E-state index in [-0.39, 0.29) is 29.1 Å². The average molecular weight is 589 g/mol. The number of hydrogen-bond donors (Lipinski definition) is 1. The van der Waals surface area contributed by atoms with Gasteiger partial charge >= 0.3 is 5.97 Å². The second-order valence-corrected chi connectivity index (χ2v) is 10.7. The third kappa shape index (κ3) is 6.60. The molecule has 0 bridgehead atoms. The van der Waals surface area contributed by atoms with E-state index in [2.05, 4.69) is 15.5 Å². The third-order valence-electron chi connectivity index (χ3n) is 5.79. The number of ether oxygens (including phenoxy) is 2. The number of carbonyl (C=O) groups excluding carboxylic acids is 2. The molecule has 4 aromatic rings. The van der Waals surface area contributed by atoms with E-state index in [4.69, 9.17) is 21.1 Å². The molecule has 0 saturated heterocycles. The summed E-state index contributed by atoms with van der Waals surface area (Å²) in [5.74, 6) is 0.0510. The van der Waals surface area contributed by atoms with E-state index < -0.39 is 5.97 Å². The molecule has 0 saturated carbocycles. The zero-order chi connectivity index (χ0) is 28.1. The van der Waals surface area contributed by atoms with Crippen LogP contribution >= 0.6 is 34.7 Å². The van der Waals surface area contributed by atoms with Crippen LogP contribution in [-0.2, 0) is 16.1 Å². The van der Waals surface area contributed by atoms with Gasteiger partial charge in [0, 0.05) is 22.5 Å². The fraction of sp³-hybridized carbons (Fsp3) is 0.259. The van der Waals surface area contributed by atoms with Crippen LogP contribution in [0.2, 0.25) is 5.02 Å². The highest BCUT2D eigenvalue weighted by molar-refractivity contribution is 7.99. The van der Waals surface area contributed by atoms with Gasteiger partial charge in [-0.3, -0.25) is 4.79 Å². The van der Waals surface area contributed by atoms with Gasteiger partial charge in [-0.15, -0.1) is 21.5 Å². The Hall–Kier alpha value is -3.41. The first kappa shape index (κ1) is 28.6. The molecule has 2 aromatic heterocycles. The molecule has 0 spiro atoms. The van der Waals surface area contributed by atoms with Crippen LogP contribution in [0.3, 0.4) is 0 Å². The Morgan fingerprint density at radius 3 is 2.62 bits per heavy atom. The molecule has 8 nitrogen and oxygen atoms in total. The minimum absolute atomic E-state index is 0.0358. The van der Waals surface area contributed by atoms with E-state index in [1.807, 2.05) is 37.5 Å². The second-order valence-electron chi connectivity index (χ2n) is 8.44. The van der Waals surface area contributed by atoms with Gasteiger partial charge in [0.25, 0.3) is 0 Å². The Bertz CT molecular complexity index is 1490. The molecular weight excluding hydrogens is 563 g/mol. The molecule has 1 amide bonds. The van der Waals surface area contributed by atoms with Crippen molar-refractivity contribution in [2.24, 2.45) is 0 Å². The normalized spacial score (nSPS) is 11.7. The van der Waals surface area contributed by atoms with Gasteiger partial charge in [0.05, 0.1) is 12.9 Å². The highest BCUT2D eigenvalue weighted by atomic mass is 35.5. The molecule has 4 rings (SSSR count). The molecule has 2 aromatic carbocycles. The SMILES string of the molecule is CCn1c(SCC(=O)Nc2scc(-c3ccc(F)cc3)c2C(=O)OC)nnc1C(C)Oc1ccc(Cl)cc1C. The highest BCUT2D eigenvalue weighted by Crippen LogP contribution is 2.36. The maximum atomic E-state index is 13.4. The Morgan fingerprint density at radius 1 is 1.21 bits per heavy atom. The number of esters is 1. The van der Waals surface area contributed by atoms with Gasteiger partial charge in [-0.25, -0.2) is 9.18 Å². The van der Waals surface area contributed by atoms with Crippen LogP contribution in [0.4, 0.5) is 9.39 Å². The standard InChI is InChI=1S/C27H26ClFN4O4S2/c1-5-33-24(16(3)37-21-11-8-18(28)12-15(21)2)31-32-27(33)39-14-22(34)30-25-23(26(35)36-4)20(13-38-25)17-6-9-19(29)10-7-17/h6-13,16H,5,14H2,1-4H3,(H,30,34). The molecule has 0 aliphatic heterocycles. The number of nitrogens with one attached hydrogen (secondary N) is 1. The van der Waals surface area contributed by atoms with Crippen LogP contribution in [-0.4, -0.2) is 39.5 Å². The molecule has 1 N–H and O–H groups in total. The quantitative estimate of drug-likeness (QED) is 0.161. The number of carbonyl (C=O) groups is 2. The van der Waals surface area contributed by atoms with E-state index in [1.54, 1.807) is 23.6 Å². The number of hydrogen-bond acceptors (Lipinski definition) is 8. The fourth-order valence-corrected chi connectivity index (χ4v) is 5.89. The summed E-state index contributed by atoms with van der Waals surface area (Å²) in [4.78, 5) is 25.4. The van der Waals surface area contributed by atoms with E-state index in [9.17, 15) is 14.0 Å². The van der Waals surface area contributed by atoms with Crippen LogP contribution in [0.1, 0.15) is 41.7 Å². The Balaban J connectivity index is 1.46. The summed E-state index contributed by atoms with van der Waals surface area (Å²) < 4.78 is 26.3.